The van der Waals surface area contributed by atoms with E-state index in [1.54, 1.807) is 44.3 Å². The van der Waals surface area contributed by atoms with Gasteiger partial charge in [-0.15, -0.1) is 0 Å². The maximum absolute atomic E-state index is 12.4. The largest absolute Gasteiger partial charge is 0.465 e. The van der Waals surface area contributed by atoms with Crippen molar-refractivity contribution >= 4 is 23.3 Å². The monoisotopic (exact) mass is 349 g/mol. The van der Waals surface area contributed by atoms with E-state index >= 15 is 0 Å². The number of ether oxygens (including phenoxy) is 3. The Morgan fingerprint density at radius 2 is 1.67 bits per heavy atom. The first-order chi connectivity index (χ1) is 11.5. The molecular formula is C17H19NO5S. The lowest BCUT2D eigenvalue weighted by Crippen LogP contribution is -2.43. The third kappa shape index (κ3) is 3.73. The fourth-order valence-electron chi connectivity index (χ4n) is 2.09. The third-order valence-corrected chi connectivity index (χ3v) is 4.06. The summed E-state index contributed by atoms with van der Waals surface area (Å²) in [6.07, 6.45) is 1.65. The van der Waals surface area contributed by atoms with E-state index < -0.39 is 17.4 Å². The van der Waals surface area contributed by atoms with Crippen molar-refractivity contribution < 1.29 is 23.8 Å². The Balaban J connectivity index is 2.28. The molecule has 0 amide bonds. The van der Waals surface area contributed by atoms with Gasteiger partial charge in [-0.25, -0.2) is 4.98 Å². The summed E-state index contributed by atoms with van der Waals surface area (Å²) in [5.41, 5.74) is -1.04. The summed E-state index contributed by atoms with van der Waals surface area (Å²) in [4.78, 5) is 28.8. The van der Waals surface area contributed by atoms with E-state index in [2.05, 4.69) is 4.98 Å². The fraction of sp³-hybridized carbons (Fsp3) is 0.353. The Morgan fingerprint density at radius 1 is 1.08 bits per heavy atom. The molecule has 7 heteroatoms. The minimum Gasteiger partial charge on any atom is -0.465 e. The quantitative estimate of drug-likeness (QED) is 0.564. The van der Waals surface area contributed by atoms with Gasteiger partial charge in [-0.2, -0.15) is 0 Å². The van der Waals surface area contributed by atoms with E-state index in [0.29, 0.717) is 16.5 Å². The number of hydrogen-bond donors (Lipinski definition) is 0. The predicted octanol–water partition coefficient (Wildman–Crippen LogP) is 3.32. The summed E-state index contributed by atoms with van der Waals surface area (Å²) >= 11 is 1.37. The second-order valence-electron chi connectivity index (χ2n) is 4.99. The van der Waals surface area contributed by atoms with Crippen LogP contribution in [0.5, 0.6) is 10.9 Å². The first kappa shape index (κ1) is 17.9. The van der Waals surface area contributed by atoms with Crippen molar-refractivity contribution in [3.05, 3.63) is 41.4 Å². The van der Waals surface area contributed by atoms with Crippen molar-refractivity contribution in [3.63, 3.8) is 0 Å². The molecule has 0 aliphatic carbocycles. The first-order valence-electron chi connectivity index (χ1n) is 7.54. The number of benzene rings is 1. The molecular weight excluding hydrogens is 330 g/mol. The van der Waals surface area contributed by atoms with Crippen LogP contribution in [0.15, 0.2) is 35.8 Å². The summed E-state index contributed by atoms with van der Waals surface area (Å²) in [5.74, 6) is -0.724. The van der Waals surface area contributed by atoms with Gasteiger partial charge in [0.1, 0.15) is 5.75 Å². The van der Waals surface area contributed by atoms with Gasteiger partial charge in [0.25, 0.3) is 5.19 Å². The molecule has 0 aliphatic rings. The van der Waals surface area contributed by atoms with Gasteiger partial charge in [0.05, 0.1) is 13.2 Å². The molecule has 2 rings (SSSR count). The molecule has 0 aliphatic heterocycles. The van der Waals surface area contributed by atoms with Crippen LogP contribution >= 0.6 is 11.3 Å². The van der Waals surface area contributed by atoms with Gasteiger partial charge in [-0.3, -0.25) is 9.59 Å². The first-order valence-corrected chi connectivity index (χ1v) is 8.42. The predicted molar refractivity (Wildman–Crippen MR) is 89.2 cm³/mol. The van der Waals surface area contributed by atoms with E-state index in [4.69, 9.17) is 14.2 Å². The second kappa shape index (κ2) is 7.92. The van der Waals surface area contributed by atoms with Crippen LogP contribution in [0.3, 0.4) is 0 Å². The highest BCUT2D eigenvalue weighted by Gasteiger charge is 2.46. The van der Waals surface area contributed by atoms with Gasteiger partial charge >= 0.3 is 11.9 Å². The molecule has 128 valence electrons. The summed E-state index contributed by atoms with van der Waals surface area (Å²) < 4.78 is 15.7. The van der Waals surface area contributed by atoms with Gasteiger partial charge in [-0.1, -0.05) is 23.5 Å². The number of carbonyl (C=O) groups is 2. The summed E-state index contributed by atoms with van der Waals surface area (Å²) in [6.45, 7) is 5.24. The number of nitrogens with zero attached hydrogens (tertiary/aromatic N) is 1. The van der Waals surface area contributed by atoms with Crippen molar-refractivity contribution in [1.82, 2.24) is 4.98 Å². The van der Waals surface area contributed by atoms with Crippen LogP contribution in [0, 0.1) is 0 Å². The van der Waals surface area contributed by atoms with Crippen molar-refractivity contribution in [3.8, 4) is 10.9 Å². The van der Waals surface area contributed by atoms with E-state index in [1.165, 1.54) is 18.3 Å². The maximum Gasteiger partial charge on any atom is 0.327 e. The van der Waals surface area contributed by atoms with Crippen LogP contribution < -0.4 is 4.74 Å². The average molecular weight is 349 g/mol. The van der Waals surface area contributed by atoms with Crippen LogP contribution in [-0.2, 0) is 24.5 Å². The number of aromatic nitrogens is 1. The average Bonchev–Trinajstić information content (AvgIpc) is 3.08. The van der Waals surface area contributed by atoms with Crippen LogP contribution in [0.1, 0.15) is 26.3 Å². The number of rotatable bonds is 7. The molecule has 0 N–H and O–H groups in total. The lowest BCUT2D eigenvalue weighted by Gasteiger charge is -2.25. The lowest BCUT2D eigenvalue weighted by molar-refractivity contribution is -0.163. The van der Waals surface area contributed by atoms with Crippen LogP contribution in [-0.4, -0.2) is 30.1 Å². The Labute approximate surface area is 144 Å². The van der Waals surface area contributed by atoms with E-state index in [1.807, 2.05) is 5.38 Å². The molecule has 24 heavy (non-hydrogen) atoms. The smallest absolute Gasteiger partial charge is 0.327 e. The highest BCUT2D eigenvalue weighted by molar-refractivity contribution is 7.11. The molecule has 1 aromatic heterocycles. The van der Waals surface area contributed by atoms with Crippen molar-refractivity contribution in [2.75, 3.05) is 13.2 Å². The van der Waals surface area contributed by atoms with E-state index in [-0.39, 0.29) is 13.2 Å². The zero-order valence-corrected chi connectivity index (χ0v) is 14.6. The number of carbonyl (C=O) groups excluding carboxylic acids is 2. The molecule has 0 saturated heterocycles. The lowest BCUT2D eigenvalue weighted by atomic mass is 9.82. The highest BCUT2D eigenvalue weighted by atomic mass is 32.1. The number of esters is 2. The molecule has 0 fully saturated rings. The molecule has 1 aromatic carbocycles. The molecule has 1 heterocycles. The molecule has 0 atom stereocenters. The Bertz CT molecular complexity index is 664. The van der Waals surface area contributed by atoms with Crippen molar-refractivity contribution in [2.24, 2.45) is 0 Å². The minimum atomic E-state index is -1.52. The summed E-state index contributed by atoms with van der Waals surface area (Å²) in [6, 6.07) is 6.65. The Morgan fingerprint density at radius 3 is 2.12 bits per heavy atom. The molecule has 6 nitrogen and oxygen atoms in total. The Kier molecular flexibility index (Phi) is 5.92. The van der Waals surface area contributed by atoms with E-state index in [9.17, 15) is 9.59 Å². The maximum atomic E-state index is 12.4. The van der Waals surface area contributed by atoms with Gasteiger partial charge in [0.15, 0.2) is 5.41 Å². The molecule has 2 aromatic rings. The van der Waals surface area contributed by atoms with Gasteiger partial charge in [-0.05, 0) is 38.5 Å². The fourth-order valence-corrected chi connectivity index (χ4v) is 2.59. The number of hydrogen-bond acceptors (Lipinski definition) is 7. The Hall–Kier alpha value is -2.41. The second-order valence-corrected chi connectivity index (χ2v) is 5.85. The van der Waals surface area contributed by atoms with Crippen LogP contribution in [0.25, 0.3) is 0 Å². The third-order valence-electron chi connectivity index (χ3n) is 3.41. The molecule has 0 radical (unpaired) electrons. The summed E-state index contributed by atoms with van der Waals surface area (Å²) in [5, 5.41) is 2.32. The van der Waals surface area contributed by atoms with E-state index in [0.717, 1.165) is 0 Å². The normalized spacial score (nSPS) is 11.0. The van der Waals surface area contributed by atoms with Gasteiger partial charge in [0.2, 0.25) is 0 Å². The van der Waals surface area contributed by atoms with Gasteiger partial charge < -0.3 is 14.2 Å². The molecule has 0 spiro atoms. The zero-order valence-electron chi connectivity index (χ0n) is 13.8. The standard InChI is InChI=1S/C17H19NO5S/c1-4-21-14(19)17(3,15(20)22-5-2)12-6-8-13(9-7-12)23-16-18-10-11-24-16/h6-11H,4-5H2,1-3H3. The summed E-state index contributed by atoms with van der Waals surface area (Å²) in [7, 11) is 0. The highest BCUT2D eigenvalue weighted by Crippen LogP contribution is 2.30. The van der Waals surface area contributed by atoms with Crippen molar-refractivity contribution in [1.29, 1.82) is 0 Å². The number of thiazole rings is 1. The van der Waals surface area contributed by atoms with Crippen LogP contribution in [0.2, 0.25) is 0 Å². The topological polar surface area (TPSA) is 74.7 Å². The van der Waals surface area contributed by atoms with Crippen molar-refractivity contribution in [2.45, 2.75) is 26.2 Å². The van der Waals surface area contributed by atoms with Gasteiger partial charge in [0, 0.05) is 11.6 Å². The minimum absolute atomic E-state index is 0.180. The molecule has 0 bridgehead atoms. The zero-order chi connectivity index (χ0) is 17.6. The SMILES string of the molecule is CCOC(=O)C(C)(C(=O)OCC)c1ccc(Oc2nccs2)cc1. The van der Waals surface area contributed by atoms with Crippen LogP contribution in [0.4, 0.5) is 0 Å². The molecule has 0 saturated carbocycles. The molecule has 0 unspecified atom stereocenters.